The normalized spacial score (nSPS) is 10.3. The van der Waals surface area contributed by atoms with Gasteiger partial charge in [0.15, 0.2) is 5.78 Å². The van der Waals surface area contributed by atoms with Crippen molar-refractivity contribution in [2.24, 2.45) is 5.73 Å². The van der Waals surface area contributed by atoms with Gasteiger partial charge >= 0.3 is 0 Å². The number of Topliss-reactive ketones (excluding diaryl/α,β-unsaturated/α-hetero) is 1. The number of ketones is 1. The first-order valence-corrected chi connectivity index (χ1v) is 4.32. The highest BCUT2D eigenvalue weighted by Gasteiger charge is 2.18. The highest BCUT2D eigenvalue weighted by atomic mass is 35.5. The number of hydrogen-bond acceptors (Lipinski definition) is 2. The average Bonchev–Trinajstić information content (AvgIpc) is 2.13. The molecule has 0 bridgehead atoms. The lowest BCUT2D eigenvalue weighted by molar-refractivity contribution is 0.0981. The summed E-state index contributed by atoms with van der Waals surface area (Å²) < 4.78 is 26.0. The molecular formula is C9H8ClF2NO. The molecule has 0 radical (unpaired) electrons. The summed E-state index contributed by atoms with van der Waals surface area (Å²) in [6.07, 6.45) is -0.0555. The summed E-state index contributed by atoms with van der Waals surface area (Å²) in [6, 6.07) is 1.74. The van der Waals surface area contributed by atoms with Crippen LogP contribution in [0.4, 0.5) is 8.78 Å². The predicted molar refractivity (Wildman–Crippen MR) is 49.4 cm³/mol. The van der Waals surface area contributed by atoms with Crippen LogP contribution in [0.2, 0.25) is 5.02 Å². The molecule has 1 aromatic carbocycles. The molecule has 14 heavy (non-hydrogen) atoms. The zero-order chi connectivity index (χ0) is 10.7. The van der Waals surface area contributed by atoms with Gasteiger partial charge in [-0.05, 0) is 18.7 Å². The molecule has 0 spiro atoms. The minimum absolute atomic E-state index is 0.0555. The van der Waals surface area contributed by atoms with Crippen LogP contribution < -0.4 is 5.73 Å². The molecule has 0 aromatic heterocycles. The third kappa shape index (κ3) is 2.08. The van der Waals surface area contributed by atoms with Gasteiger partial charge in [-0.2, -0.15) is 0 Å². The molecule has 1 aromatic rings. The van der Waals surface area contributed by atoms with E-state index in [1.54, 1.807) is 0 Å². The van der Waals surface area contributed by atoms with E-state index in [1.165, 1.54) is 0 Å². The number of rotatable bonds is 3. The predicted octanol–water partition coefficient (Wildman–Crippen LogP) is 2.15. The largest absolute Gasteiger partial charge is 0.330 e. The topological polar surface area (TPSA) is 43.1 Å². The van der Waals surface area contributed by atoms with Crippen molar-refractivity contribution >= 4 is 17.4 Å². The molecule has 0 saturated carbocycles. The molecule has 2 N–H and O–H groups in total. The van der Waals surface area contributed by atoms with Gasteiger partial charge in [0.2, 0.25) is 0 Å². The Labute approximate surface area is 84.7 Å². The van der Waals surface area contributed by atoms with Gasteiger partial charge in [-0.3, -0.25) is 4.79 Å². The number of carbonyl (C=O) groups excluding carboxylic acids is 1. The van der Waals surface area contributed by atoms with Crippen LogP contribution in [-0.4, -0.2) is 12.3 Å². The summed E-state index contributed by atoms with van der Waals surface area (Å²) >= 11 is 5.45. The molecule has 0 aliphatic carbocycles. The van der Waals surface area contributed by atoms with Crippen molar-refractivity contribution in [3.63, 3.8) is 0 Å². The van der Waals surface area contributed by atoms with Crippen molar-refractivity contribution in [3.05, 3.63) is 34.4 Å². The summed E-state index contributed by atoms with van der Waals surface area (Å²) in [5.74, 6) is -2.22. The summed E-state index contributed by atoms with van der Waals surface area (Å²) in [4.78, 5) is 11.3. The Balaban J connectivity index is 3.18. The van der Waals surface area contributed by atoms with Crippen molar-refractivity contribution in [2.45, 2.75) is 6.42 Å². The highest BCUT2D eigenvalue weighted by molar-refractivity contribution is 6.34. The molecule has 0 heterocycles. The van der Waals surface area contributed by atoms with E-state index in [-0.39, 0.29) is 13.0 Å². The molecule has 5 heteroatoms. The van der Waals surface area contributed by atoms with E-state index in [1.807, 2.05) is 0 Å². The minimum Gasteiger partial charge on any atom is -0.330 e. The van der Waals surface area contributed by atoms with Crippen molar-refractivity contribution < 1.29 is 13.6 Å². The third-order valence-corrected chi connectivity index (χ3v) is 2.06. The van der Waals surface area contributed by atoms with Gasteiger partial charge in [-0.15, -0.1) is 0 Å². The van der Waals surface area contributed by atoms with Crippen molar-refractivity contribution in [1.29, 1.82) is 0 Å². The van der Waals surface area contributed by atoms with E-state index in [2.05, 4.69) is 0 Å². The van der Waals surface area contributed by atoms with Gasteiger partial charge in [-0.25, -0.2) is 8.78 Å². The monoisotopic (exact) mass is 219 g/mol. The Morgan fingerprint density at radius 3 is 2.50 bits per heavy atom. The van der Waals surface area contributed by atoms with E-state index < -0.39 is 28.0 Å². The van der Waals surface area contributed by atoms with Crippen LogP contribution in [-0.2, 0) is 0 Å². The van der Waals surface area contributed by atoms with Crippen LogP contribution in [0.5, 0.6) is 0 Å². The van der Waals surface area contributed by atoms with E-state index in [0.717, 1.165) is 12.1 Å². The number of nitrogens with two attached hydrogens (primary N) is 1. The summed E-state index contributed by atoms with van der Waals surface area (Å²) in [5, 5.41) is -0.483. The number of carbonyl (C=O) groups is 1. The van der Waals surface area contributed by atoms with Gasteiger partial charge < -0.3 is 5.73 Å². The Hall–Kier alpha value is -1.00. The van der Waals surface area contributed by atoms with E-state index in [0.29, 0.717) is 0 Å². The van der Waals surface area contributed by atoms with Gasteiger partial charge in [0.1, 0.15) is 11.6 Å². The lowest BCUT2D eigenvalue weighted by atomic mass is 10.1. The van der Waals surface area contributed by atoms with Gasteiger partial charge in [0.25, 0.3) is 0 Å². The maximum Gasteiger partial charge on any atom is 0.168 e. The molecule has 0 amide bonds. The number of halogens is 3. The summed E-state index contributed by atoms with van der Waals surface area (Å²) in [7, 11) is 0. The molecular weight excluding hydrogens is 212 g/mol. The maximum absolute atomic E-state index is 13.1. The van der Waals surface area contributed by atoms with Crippen LogP contribution in [0.3, 0.4) is 0 Å². The SMILES string of the molecule is NCCC(=O)c1c(F)ccc(F)c1Cl. The zero-order valence-electron chi connectivity index (χ0n) is 7.19. The van der Waals surface area contributed by atoms with Crippen LogP contribution in [0.25, 0.3) is 0 Å². The van der Waals surface area contributed by atoms with Crippen LogP contribution in [0, 0.1) is 11.6 Å². The molecule has 0 aliphatic heterocycles. The Morgan fingerprint density at radius 2 is 1.93 bits per heavy atom. The first kappa shape index (κ1) is 11.1. The number of hydrogen-bond donors (Lipinski definition) is 1. The molecule has 0 unspecified atom stereocenters. The fourth-order valence-corrected chi connectivity index (χ4v) is 1.30. The van der Waals surface area contributed by atoms with Crippen LogP contribution in [0.15, 0.2) is 12.1 Å². The fraction of sp³-hybridized carbons (Fsp3) is 0.222. The van der Waals surface area contributed by atoms with E-state index in [9.17, 15) is 13.6 Å². The molecule has 0 aliphatic rings. The van der Waals surface area contributed by atoms with Crippen LogP contribution >= 0.6 is 11.6 Å². The lowest BCUT2D eigenvalue weighted by Crippen LogP contribution is -2.11. The third-order valence-electron chi connectivity index (χ3n) is 1.69. The number of benzene rings is 1. The smallest absolute Gasteiger partial charge is 0.168 e. The second kappa shape index (κ2) is 4.48. The Morgan fingerprint density at radius 1 is 1.36 bits per heavy atom. The minimum atomic E-state index is -0.824. The zero-order valence-corrected chi connectivity index (χ0v) is 7.94. The van der Waals surface area contributed by atoms with Gasteiger partial charge in [-0.1, -0.05) is 11.6 Å². The molecule has 0 fully saturated rings. The van der Waals surface area contributed by atoms with Crippen molar-refractivity contribution in [1.82, 2.24) is 0 Å². The van der Waals surface area contributed by atoms with E-state index in [4.69, 9.17) is 17.3 Å². The Kier molecular flexibility index (Phi) is 3.55. The standard InChI is InChI=1S/C9H8ClF2NO/c10-9-6(12)2-1-5(11)8(9)7(14)3-4-13/h1-2H,3-4,13H2. The summed E-state index contributed by atoms with van der Waals surface area (Å²) in [5.41, 5.74) is 4.71. The quantitative estimate of drug-likeness (QED) is 0.625. The lowest BCUT2D eigenvalue weighted by Gasteiger charge is -2.04. The van der Waals surface area contributed by atoms with Crippen molar-refractivity contribution in [3.8, 4) is 0 Å². The van der Waals surface area contributed by atoms with E-state index >= 15 is 0 Å². The van der Waals surface area contributed by atoms with Gasteiger partial charge in [0, 0.05) is 6.42 Å². The molecule has 2 nitrogen and oxygen atoms in total. The van der Waals surface area contributed by atoms with Gasteiger partial charge in [0.05, 0.1) is 10.6 Å². The average molecular weight is 220 g/mol. The summed E-state index contributed by atoms with van der Waals surface area (Å²) in [6.45, 7) is 0.0745. The highest BCUT2D eigenvalue weighted by Crippen LogP contribution is 2.23. The first-order valence-electron chi connectivity index (χ1n) is 3.94. The van der Waals surface area contributed by atoms with Crippen LogP contribution in [0.1, 0.15) is 16.8 Å². The fourth-order valence-electron chi connectivity index (χ4n) is 1.04. The molecule has 0 atom stereocenters. The van der Waals surface area contributed by atoms with Crippen molar-refractivity contribution in [2.75, 3.05) is 6.54 Å². The molecule has 1 rings (SSSR count). The Bertz CT molecular complexity index is 368. The molecule has 76 valence electrons. The first-order chi connectivity index (χ1) is 6.57. The maximum atomic E-state index is 13.1. The molecule has 0 saturated heterocycles. The second-order valence-corrected chi connectivity index (χ2v) is 3.06. The second-order valence-electron chi connectivity index (χ2n) is 2.68.